The number of anilines is 2. The van der Waals surface area contributed by atoms with Crippen LogP contribution < -0.4 is 16.2 Å². The molecule has 2 N–H and O–H groups in total. The van der Waals surface area contributed by atoms with E-state index >= 15 is 0 Å². The van der Waals surface area contributed by atoms with Crippen molar-refractivity contribution in [3.8, 4) is 17.2 Å². The van der Waals surface area contributed by atoms with Gasteiger partial charge in [0, 0.05) is 25.3 Å². The van der Waals surface area contributed by atoms with Crippen molar-refractivity contribution in [3.05, 3.63) is 88.3 Å². The molecule has 7 nitrogen and oxygen atoms in total. The standard InChI is InChI=1S/C28H25N5O2/c1-32-24-12-9-22(16-29)31-28(24)25(15-27(32)35)33(17-18-5-6-18)23-10-7-20(8-11-23)21-4-2-3-19(13-21)14-26(30)34/h2-4,7-13,15,18H,5-6,14,17H2,1H3,(H2,30,34). The molecule has 1 aliphatic carbocycles. The SMILES string of the molecule is Cn1c(=O)cc(N(CC2CC2)c2ccc(-c3cccc(CC(N)=O)c3)cc2)c2nc(C#N)ccc21. The van der Waals surface area contributed by atoms with Crippen molar-refractivity contribution in [2.24, 2.45) is 18.7 Å². The Morgan fingerprint density at radius 1 is 1.11 bits per heavy atom. The van der Waals surface area contributed by atoms with Crippen LogP contribution in [0.5, 0.6) is 0 Å². The van der Waals surface area contributed by atoms with Gasteiger partial charge in [0.25, 0.3) is 5.56 Å². The summed E-state index contributed by atoms with van der Waals surface area (Å²) in [6.07, 6.45) is 2.51. The molecule has 2 aromatic carbocycles. The first-order valence-corrected chi connectivity index (χ1v) is 11.6. The summed E-state index contributed by atoms with van der Waals surface area (Å²) in [6.45, 7) is 0.772. The van der Waals surface area contributed by atoms with Gasteiger partial charge in [-0.15, -0.1) is 0 Å². The Kier molecular flexibility index (Phi) is 5.79. The fraction of sp³-hybridized carbons (Fsp3) is 0.214. The summed E-state index contributed by atoms with van der Waals surface area (Å²) in [6, 6.07) is 23.1. The zero-order chi connectivity index (χ0) is 24.5. The van der Waals surface area contributed by atoms with Crippen LogP contribution in [0.1, 0.15) is 24.1 Å². The molecule has 0 bridgehead atoms. The van der Waals surface area contributed by atoms with Crippen LogP contribution in [-0.4, -0.2) is 22.0 Å². The van der Waals surface area contributed by atoms with Gasteiger partial charge in [0.05, 0.1) is 17.6 Å². The summed E-state index contributed by atoms with van der Waals surface area (Å²) in [4.78, 5) is 30.8. The maximum Gasteiger partial charge on any atom is 0.252 e. The molecular formula is C28H25N5O2. The number of primary amides is 1. The normalized spacial score (nSPS) is 12.9. The monoisotopic (exact) mass is 463 g/mol. The number of benzene rings is 2. The zero-order valence-electron chi connectivity index (χ0n) is 19.4. The number of nitrogens with zero attached hydrogens (tertiary/aromatic N) is 4. The van der Waals surface area contributed by atoms with Crippen LogP contribution >= 0.6 is 0 Å². The van der Waals surface area contributed by atoms with Crippen molar-refractivity contribution in [1.82, 2.24) is 9.55 Å². The number of carbonyl (C=O) groups excluding carboxylic acids is 1. The fourth-order valence-corrected chi connectivity index (χ4v) is 4.38. The molecule has 1 amide bonds. The molecular weight excluding hydrogens is 438 g/mol. The molecule has 0 atom stereocenters. The summed E-state index contributed by atoms with van der Waals surface area (Å²) < 4.78 is 1.56. The number of aryl methyl sites for hydroxylation is 1. The topological polar surface area (TPSA) is 105 Å². The average molecular weight is 464 g/mol. The van der Waals surface area contributed by atoms with Crippen molar-refractivity contribution < 1.29 is 4.79 Å². The fourth-order valence-electron chi connectivity index (χ4n) is 4.38. The molecule has 0 radical (unpaired) electrons. The zero-order valence-corrected chi connectivity index (χ0v) is 19.4. The summed E-state index contributed by atoms with van der Waals surface area (Å²) in [7, 11) is 1.72. The third kappa shape index (κ3) is 4.64. The van der Waals surface area contributed by atoms with E-state index in [1.807, 2.05) is 48.5 Å². The molecule has 0 spiro atoms. The van der Waals surface area contributed by atoms with Gasteiger partial charge in [-0.1, -0.05) is 36.4 Å². The molecule has 0 saturated heterocycles. The van der Waals surface area contributed by atoms with Crippen LogP contribution in [0, 0.1) is 17.2 Å². The number of nitrogens with two attached hydrogens (primary N) is 1. The van der Waals surface area contributed by atoms with Crippen LogP contribution in [0.3, 0.4) is 0 Å². The molecule has 7 heteroatoms. The number of aromatic nitrogens is 2. The molecule has 1 fully saturated rings. The van der Waals surface area contributed by atoms with Crippen LogP contribution in [-0.2, 0) is 18.3 Å². The third-order valence-corrected chi connectivity index (χ3v) is 6.43. The number of pyridine rings is 2. The maximum absolute atomic E-state index is 12.8. The Balaban J connectivity index is 1.57. The lowest BCUT2D eigenvalue weighted by atomic mass is 10.0. The second-order valence-corrected chi connectivity index (χ2v) is 9.05. The summed E-state index contributed by atoms with van der Waals surface area (Å²) in [5.41, 5.74) is 11.4. The highest BCUT2D eigenvalue weighted by atomic mass is 16.1. The van der Waals surface area contributed by atoms with Crippen molar-refractivity contribution >= 4 is 28.3 Å². The van der Waals surface area contributed by atoms with Gasteiger partial charge in [-0.25, -0.2) is 4.98 Å². The Bertz CT molecular complexity index is 1530. The molecule has 0 aliphatic heterocycles. The first kappa shape index (κ1) is 22.4. The van der Waals surface area contributed by atoms with E-state index in [1.165, 1.54) is 0 Å². The van der Waals surface area contributed by atoms with E-state index in [0.29, 0.717) is 28.3 Å². The number of nitriles is 1. The van der Waals surface area contributed by atoms with Crippen molar-refractivity contribution in [2.45, 2.75) is 19.3 Å². The lowest BCUT2D eigenvalue weighted by Crippen LogP contribution is -2.25. The number of hydrogen-bond acceptors (Lipinski definition) is 5. The quantitative estimate of drug-likeness (QED) is 0.445. The number of fused-ring (bicyclic) bond motifs is 1. The minimum Gasteiger partial charge on any atom is -0.369 e. The van der Waals surface area contributed by atoms with Crippen LogP contribution in [0.2, 0.25) is 0 Å². The molecule has 5 rings (SSSR count). The van der Waals surface area contributed by atoms with Gasteiger partial charge in [0.2, 0.25) is 5.91 Å². The van der Waals surface area contributed by atoms with Gasteiger partial charge >= 0.3 is 0 Å². The van der Waals surface area contributed by atoms with Crippen molar-refractivity contribution in [2.75, 3.05) is 11.4 Å². The van der Waals surface area contributed by atoms with Gasteiger partial charge < -0.3 is 15.2 Å². The smallest absolute Gasteiger partial charge is 0.252 e. The molecule has 35 heavy (non-hydrogen) atoms. The second-order valence-electron chi connectivity index (χ2n) is 9.05. The molecule has 174 valence electrons. The summed E-state index contributed by atoms with van der Waals surface area (Å²) in [5.74, 6) is 0.195. The average Bonchev–Trinajstić information content (AvgIpc) is 3.69. The van der Waals surface area contributed by atoms with E-state index in [-0.39, 0.29) is 17.9 Å². The molecule has 4 aromatic rings. The first-order valence-electron chi connectivity index (χ1n) is 11.6. The number of hydrogen-bond donors (Lipinski definition) is 1. The number of rotatable bonds is 7. The van der Waals surface area contributed by atoms with E-state index in [4.69, 9.17) is 5.73 Å². The highest BCUT2D eigenvalue weighted by Gasteiger charge is 2.27. The van der Waals surface area contributed by atoms with E-state index in [9.17, 15) is 14.9 Å². The predicted molar refractivity (Wildman–Crippen MR) is 136 cm³/mol. The van der Waals surface area contributed by atoms with Crippen LogP contribution in [0.25, 0.3) is 22.2 Å². The van der Waals surface area contributed by atoms with E-state index < -0.39 is 0 Å². The van der Waals surface area contributed by atoms with Crippen LogP contribution in [0.4, 0.5) is 11.4 Å². The van der Waals surface area contributed by atoms with E-state index in [0.717, 1.165) is 41.8 Å². The summed E-state index contributed by atoms with van der Waals surface area (Å²) in [5, 5.41) is 9.41. The molecule has 2 heterocycles. The molecule has 1 aliphatic rings. The van der Waals surface area contributed by atoms with Crippen LogP contribution in [0.15, 0.2) is 71.5 Å². The van der Waals surface area contributed by atoms with E-state index in [2.05, 4.69) is 16.0 Å². The summed E-state index contributed by atoms with van der Waals surface area (Å²) >= 11 is 0. The lowest BCUT2D eigenvalue weighted by Gasteiger charge is -2.26. The molecule has 0 unspecified atom stereocenters. The van der Waals surface area contributed by atoms with E-state index in [1.54, 1.807) is 29.8 Å². The predicted octanol–water partition coefficient (Wildman–Crippen LogP) is 4.05. The third-order valence-electron chi connectivity index (χ3n) is 6.43. The first-order chi connectivity index (χ1) is 16.9. The second kappa shape index (κ2) is 9.07. The highest BCUT2D eigenvalue weighted by Crippen LogP contribution is 2.37. The molecule has 2 aromatic heterocycles. The highest BCUT2D eigenvalue weighted by molar-refractivity contribution is 5.91. The number of carbonyl (C=O) groups is 1. The van der Waals surface area contributed by atoms with Gasteiger partial charge in [-0.05, 0) is 59.7 Å². The van der Waals surface area contributed by atoms with Crippen molar-refractivity contribution in [3.63, 3.8) is 0 Å². The Labute approximate surface area is 203 Å². The van der Waals surface area contributed by atoms with Gasteiger partial charge in [-0.2, -0.15) is 5.26 Å². The largest absolute Gasteiger partial charge is 0.369 e. The Hall–Kier alpha value is -4.44. The molecule has 1 saturated carbocycles. The minimum absolute atomic E-state index is 0.123. The Morgan fingerprint density at radius 2 is 1.89 bits per heavy atom. The van der Waals surface area contributed by atoms with Crippen molar-refractivity contribution in [1.29, 1.82) is 5.26 Å². The maximum atomic E-state index is 12.8. The van der Waals surface area contributed by atoms with Gasteiger partial charge in [0.1, 0.15) is 17.3 Å². The lowest BCUT2D eigenvalue weighted by molar-refractivity contribution is -0.117. The number of amides is 1. The Morgan fingerprint density at radius 3 is 2.57 bits per heavy atom. The minimum atomic E-state index is -0.359. The van der Waals surface area contributed by atoms with Gasteiger partial charge in [0.15, 0.2) is 0 Å². The van der Waals surface area contributed by atoms with Gasteiger partial charge in [-0.3, -0.25) is 9.59 Å².